The van der Waals surface area contributed by atoms with Crippen molar-refractivity contribution < 1.29 is 5.11 Å². The molecule has 0 spiro atoms. The molecule has 1 atom stereocenters. The molecule has 1 unspecified atom stereocenters. The molecule has 2 aliphatic heterocycles. The Kier molecular flexibility index (Phi) is 2.78. The minimum atomic E-state index is -1.06. The van der Waals surface area contributed by atoms with E-state index < -0.39 is 5.72 Å². The van der Waals surface area contributed by atoms with Gasteiger partial charge in [-0.25, -0.2) is 0 Å². The summed E-state index contributed by atoms with van der Waals surface area (Å²) in [6.45, 7) is 1.16. The lowest BCUT2D eigenvalue weighted by Crippen LogP contribution is -2.44. The first kappa shape index (κ1) is 11.7. The summed E-state index contributed by atoms with van der Waals surface area (Å²) in [5, 5.41) is 12.6. The molecule has 6 heteroatoms. The number of rotatable bonds is 1. The van der Waals surface area contributed by atoms with Gasteiger partial charge in [-0.05, 0) is 12.1 Å². The SMILES string of the molecule is OC1(c2ccc(Cl)c(Cl)c2)CN=C2SCCN21. The second kappa shape index (κ2) is 4.05. The van der Waals surface area contributed by atoms with E-state index in [1.807, 2.05) is 4.90 Å². The van der Waals surface area contributed by atoms with Gasteiger partial charge in [-0.2, -0.15) is 0 Å². The van der Waals surface area contributed by atoms with Crippen molar-refractivity contribution in [1.82, 2.24) is 4.90 Å². The molecular weight excluding hydrogens is 279 g/mol. The Morgan fingerprint density at radius 2 is 2.18 bits per heavy atom. The quantitative estimate of drug-likeness (QED) is 0.863. The number of fused-ring (bicyclic) bond motifs is 1. The molecule has 0 amide bonds. The van der Waals surface area contributed by atoms with Crippen LogP contribution in [0.4, 0.5) is 0 Å². The van der Waals surface area contributed by atoms with Crippen molar-refractivity contribution in [3.05, 3.63) is 33.8 Å². The average Bonchev–Trinajstić information content (AvgIpc) is 2.88. The van der Waals surface area contributed by atoms with E-state index in [-0.39, 0.29) is 0 Å². The summed E-state index contributed by atoms with van der Waals surface area (Å²) in [7, 11) is 0. The second-order valence-electron chi connectivity index (χ2n) is 4.04. The summed E-state index contributed by atoms with van der Waals surface area (Å²) in [5.74, 6) is 0.961. The number of thioether (sulfide) groups is 1. The Morgan fingerprint density at radius 1 is 1.35 bits per heavy atom. The average molecular weight is 289 g/mol. The van der Waals surface area contributed by atoms with Crippen LogP contribution in [0.3, 0.4) is 0 Å². The third kappa shape index (κ3) is 1.74. The van der Waals surface area contributed by atoms with Crippen LogP contribution >= 0.6 is 35.0 Å². The summed E-state index contributed by atoms with van der Waals surface area (Å²) in [6, 6.07) is 5.22. The molecule has 90 valence electrons. The zero-order valence-electron chi connectivity index (χ0n) is 8.86. The van der Waals surface area contributed by atoms with Crippen molar-refractivity contribution >= 4 is 40.1 Å². The molecule has 1 saturated heterocycles. The third-order valence-electron chi connectivity index (χ3n) is 3.04. The number of benzene rings is 1. The number of nitrogens with zero attached hydrogens (tertiary/aromatic N) is 2. The molecule has 17 heavy (non-hydrogen) atoms. The first-order valence-corrected chi connectivity index (χ1v) is 6.98. The molecule has 2 heterocycles. The first-order chi connectivity index (χ1) is 8.11. The second-order valence-corrected chi connectivity index (χ2v) is 5.92. The van der Waals surface area contributed by atoms with Crippen molar-refractivity contribution in [2.24, 2.45) is 4.99 Å². The van der Waals surface area contributed by atoms with Crippen LogP contribution in [0.15, 0.2) is 23.2 Å². The smallest absolute Gasteiger partial charge is 0.186 e. The fourth-order valence-corrected chi connectivity index (χ4v) is 3.44. The largest absolute Gasteiger partial charge is 0.365 e. The van der Waals surface area contributed by atoms with Crippen LogP contribution in [-0.4, -0.2) is 34.0 Å². The maximum absolute atomic E-state index is 10.7. The number of aliphatic hydroxyl groups is 1. The van der Waals surface area contributed by atoms with Crippen molar-refractivity contribution in [2.45, 2.75) is 5.72 Å². The van der Waals surface area contributed by atoms with Gasteiger partial charge in [0.2, 0.25) is 0 Å². The van der Waals surface area contributed by atoms with Crippen molar-refractivity contribution in [3.63, 3.8) is 0 Å². The maximum atomic E-state index is 10.7. The zero-order chi connectivity index (χ0) is 12.0. The Balaban J connectivity index is 2.01. The summed E-state index contributed by atoms with van der Waals surface area (Å²) in [6.07, 6.45) is 0. The van der Waals surface area contributed by atoms with Crippen LogP contribution in [-0.2, 0) is 5.72 Å². The molecule has 2 aliphatic rings. The van der Waals surface area contributed by atoms with Crippen LogP contribution in [0.25, 0.3) is 0 Å². The van der Waals surface area contributed by atoms with Gasteiger partial charge in [0.15, 0.2) is 10.9 Å². The van der Waals surface area contributed by atoms with E-state index in [9.17, 15) is 5.11 Å². The van der Waals surface area contributed by atoms with E-state index in [4.69, 9.17) is 23.2 Å². The maximum Gasteiger partial charge on any atom is 0.186 e. The Morgan fingerprint density at radius 3 is 2.94 bits per heavy atom. The molecule has 0 aliphatic carbocycles. The fraction of sp³-hybridized carbons (Fsp3) is 0.364. The highest BCUT2D eigenvalue weighted by atomic mass is 35.5. The van der Waals surface area contributed by atoms with Crippen molar-refractivity contribution in [2.75, 3.05) is 18.8 Å². The summed E-state index contributed by atoms with van der Waals surface area (Å²) in [4.78, 5) is 6.29. The molecule has 0 bridgehead atoms. The van der Waals surface area contributed by atoms with E-state index in [1.54, 1.807) is 30.0 Å². The van der Waals surface area contributed by atoms with Gasteiger partial charge in [0.05, 0.1) is 16.6 Å². The summed E-state index contributed by atoms with van der Waals surface area (Å²) >= 11 is 13.6. The molecular formula is C11H10Cl2N2OS. The highest BCUT2D eigenvalue weighted by Crippen LogP contribution is 2.39. The van der Waals surface area contributed by atoms with E-state index in [2.05, 4.69) is 4.99 Å². The van der Waals surface area contributed by atoms with Crippen LogP contribution in [0.2, 0.25) is 10.0 Å². The number of aliphatic imine (C=N–C) groups is 1. The van der Waals surface area contributed by atoms with Gasteiger partial charge < -0.3 is 10.0 Å². The highest BCUT2D eigenvalue weighted by Gasteiger charge is 2.45. The lowest BCUT2D eigenvalue weighted by Gasteiger charge is -2.32. The predicted molar refractivity (Wildman–Crippen MR) is 71.8 cm³/mol. The van der Waals surface area contributed by atoms with E-state index >= 15 is 0 Å². The fourth-order valence-electron chi connectivity index (χ4n) is 2.13. The highest BCUT2D eigenvalue weighted by molar-refractivity contribution is 8.14. The Labute approximate surface area is 113 Å². The third-order valence-corrected chi connectivity index (χ3v) is 4.77. The lowest BCUT2D eigenvalue weighted by atomic mass is 10.0. The van der Waals surface area contributed by atoms with Crippen LogP contribution in [0, 0.1) is 0 Å². The van der Waals surface area contributed by atoms with E-state index in [0.29, 0.717) is 16.6 Å². The first-order valence-electron chi connectivity index (χ1n) is 5.24. The van der Waals surface area contributed by atoms with Gasteiger partial charge in [-0.3, -0.25) is 4.99 Å². The topological polar surface area (TPSA) is 35.8 Å². The number of hydrogen-bond acceptors (Lipinski definition) is 4. The van der Waals surface area contributed by atoms with Crippen molar-refractivity contribution in [1.29, 1.82) is 0 Å². The van der Waals surface area contributed by atoms with Crippen molar-refractivity contribution in [3.8, 4) is 0 Å². The van der Waals surface area contributed by atoms with Gasteiger partial charge >= 0.3 is 0 Å². The van der Waals surface area contributed by atoms with Gasteiger partial charge in [0, 0.05) is 17.9 Å². The number of halogens is 2. The summed E-state index contributed by atoms with van der Waals surface area (Å²) in [5.41, 5.74) is -0.319. The molecule has 1 N–H and O–H groups in total. The van der Waals surface area contributed by atoms with Crippen LogP contribution < -0.4 is 0 Å². The minimum absolute atomic E-state index is 0.354. The molecule has 0 aromatic heterocycles. The molecule has 1 fully saturated rings. The molecule has 3 nitrogen and oxygen atoms in total. The Hall–Kier alpha value is -0.420. The molecule has 1 aromatic rings. The monoisotopic (exact) mass is 288 g/mol. The normalized spacial score (nSPS) is 27.2. The van der Waals surface area contributed by atoms with Gasteiger partial charge in [0.1, 0.15) is 0 Å². The molecule has 0 saturated carbocycles. The number of hydrogen-bond donors (Lipinski definition) is 1. The van der Waals surface area contributed by atoms with E-state index in [1.165, 1.54) is 0 Å². The van der Waals surface area contributed by atoms with Gasteiger partial charge in [0.25, 0.3) is 0 Å². The van der Waals surface area contributed by atoms with Gasteiger partial charge in [-0.1, -0.05) is 41.0 Å². The predicted octanol–water partition coefficient (Wildman–Crippen LogP) is 2.56. The van der Waals surface area contributed by atoms with Crippen LogP contribution in [0.5, 0.6) is 0 Å². The lowest BCUT2D eigenvalue weighted by molar-refractivity contribution is -0.0500. The number of amidine groups is 1. The van der Waals surface area contributed by atoms with E-state index in [0.717, 1.165) is 23.0 Å². The van der Waals surface area contributed by atoms with Gasteiger partial charge in [-0.15, -0.1) is 0 Å². The molecule has 0 radical (unpaired) electrons. The molecule has 1 aromatic carbocycles. The minimum Gasteiger partial charge on any atom is -0.365 e. The molecule has 3 rings (SSSR count). The standard InChI is InChI=1S/C11H10Cl2N2OS/c12-8-2-1-7(5-9(8)13)11(16)6-14-10-15(11)3-4-17-10/h1-2,5,16H,3-4,6H2. The summed E-state index contributed by atoms with van der Waals surface area (Å²) < 4.78 is 0. The zero-order valence-corrected chi connectivity index (χ0v) is 11.2. The van der Waals surface area contributed by atoms with Crippen LogP contribution in [0.1, 0.15) is 5.56 Å². The Bertz CT molecular complexity index is 508.